The molecule has 52 valence electrons. The van der Waals surface area contributed by atoms with Gasteiger partial charge >= 0.3 is 6.03 Å². The van der Waals surface area contributed by atoms with Gasteiger partial charge in [0.2, 0.25) is 6.41 Å². The first kappa shape index (κ1) is 7.94. The minimum Gasteiger partial charge on any atom is -0.336 e. The Bertz CT molecular complexity index is 112. The van der Waals surface area contributed by atoms with Gasteiger partial charge in [-0.3, -0.25) is 10.1 Å². The maximum absolute atomic E-state index is 10.4. The lowest BCUT2D eigenvalue weighted by molar-refractivity contribution is -0.108. The topological polar surface area (TPSA) is 58.2 Å². The van der Waals surface area contributed by atoms with E-state index in [0.29, 0.717) is 6.41 Å². The van der Waals surface area contributed by atoms with E-state index in [4.69, 9.17) is 0 Å². The minimum absolute atomic E-state index is 0.0601. The first-order valence-electron chi connectivity index (χ1n) is 2.67. The number of carbonyl (C=O) groups excluding carboxylic acids is 2. The van der Waals surface area contributed by atoms with Gasteiger partial charge in [-0.15, -0.1) is 0 Å². The quantitative estimate of drug-likeness (QED) is 0.511. The Labute approximate surface area is 53.6 Å². The average Bonchev–Trinajstić information content (AvgIpc) is 1.63. The molecular formula is C5H10N2O2. The normalized spacial score (nSPS) is 8.78. The van der Waals surface area contributed by atoms with E-state index in [2.05, 4.69) is 5.32 Å². The van der Waals surface area contributed by atoms with Gasteiger partial charge in [-0.2, -0.15) is 0 Å². The Hall–Kier alpha value is -1.06. The zero-order valence-electron chi connectivity index (χ0n) is 5.47. The molecule has 0 rings (SSSR count). The molecule has 0 bridgehead atoms. The Balaban J connectivity index is 3.38. The van der Waals surface area contributed by atoms with Gasteiger partial charge < -0.3 is 5.32 Å². The summed E-state index contributed by atoms with van der Waals surface area (Å²) >= 11 is 0. The van der Waals surface area contributed by atoms with Gasteiger partial charge in [-0.05, 0) is 13.8 Å². The predicted molar refractivity (Wildman–Crippen MR) is 32.9 cm³/mol. The van der Waals surface area contributed by atoms with Crippen LogP contribution in [0.2, 0.25) is 0 Å². The number of imide groups is 1. The molecule has 0 saturated carbocycles. The smallest absolute Gasteiger partial charge is 0.321 e. The molecule has 0 aliphatic rings. The van der Waals surface area contributed by atoms with E-state index < -0.39 is 6.03 Å². The molecule has 3 amide bonds. The number of carbonyl (C=O) groups is 2. The van der Waals surface area contributed by atoms with Crippen LogP contribution in [0.15, 0.2) is 0 Å². The number of nitrogens with one attached hydrogen (secondary N) is 2. The summed E-state index contributed by atoms with van der Waals surface area (Å²) < 4.78 is 0. The lowest BCUT2D eigenvalue weighted by Crippen LogP contribution is -2.38. The van der Waals surface area contributed by atoms with E-state index in [-0.39, 0.29) is 6.04 Å². The average molecular weight is 130 g/mol. The highest BCUT2D eigenvalue weighted by atomic mass is 16.2. The van der Waals surface area contributed by atoms with Crippen molar-refractivity contribution in [3.05, 3.63) is 0 Å². The fraction of sp³-hybridized carbons (Fsp3) is 0.600. The van der Waals surface area contributed by atoms with E-state index in [1.807, 2.05) is 19.2 Å². The summed E-state index contributed by atoms with van der Waals surface area (Å²) in [5, 5.41) is 4.41. The van der Waals surface area contributed by atoms with Crippen LogP contribution >= 0.6 is 0 Å². The molecule has 4 heteroatoms. The van der Waals surface area contributed by atoms with Crippen molar-refractivity contribution in [2.24, 2.45) is 0 Å². The van der Waals surface area contributed by atoms with Crippen molar-refractivity contribution >= 4 is 12.4 Å². The Morgan fingerprint density at radius 2 is 2.11 bits per heavy atom. The standard InChI is InChI=1S/C5H10N2O2/c1-4(2)7-5(9)6-3-8/h3-4H,1-2H3,(H2,6,7,8,9). The summed E-state index contributed by atoms with van der Waals surface area (Å²) in [7, 11) is 0. The van der Waals surface area contributed by atoms with Crippen LogP contribution in [0.3, 0.4) is 0 Å². The zero-order chi connectivity index (χ0) is 7.28. The van der Waals surface area contributed by atoms with Crippen LogP contribution in [0, 0.1) is 0 Å². The first-order valence-corrected chi connectivity index (χ1v) is 2.67. The van der Waals surface area contributed by atoms with Crippen molar-refractivity contribution in [3.63, 3.8) is 0 Å². The SMILES string of the molecule is CC(C)NC(=O)NC=O. The molecular weight excluding hydrogens is 120 g/mol. The molecule has 0 atom stereocenters. The summed E-state index contributed by atoms with van der Waals surface area (Å²) in [6.07, 6.45) is 0.345. The summed E-state index contributed by atoms with van der Waals surface area (Å²) in [4.78, 5) is 20.0. The third-order valence-corrected chi connectivity index (χ3v) is 0.610. The van der Waals surface area contributed by atoms with Gasteiger partial charge in [-0.25, -0.2) is 4.79 Å². The van der Waals surface area contributed by atoms with Crippen molar-refractivity contribution in [1.29, 1.82) is 0 Å². The number of amides is 3. The van der Waals surface area contributed by atoms with E-state index in [1.165, 1.54) is 0 Å². The fourth-order valence-corrected chi connectivity index (χ4v) is 0.357. The van der Waals surface area contributed by atoms with Gasteiger partial charge in [0, 0.05) is 6.04 Å². The minimum atomic E-state index is -0.458. The second kappa shape index (κ2) is 3.88. The molecule has 0 aromatic heterocycles. The molecule has 0 heterocycles. The van der Waals surface area contributed by atoms with Crippen molar-refractivity contribution < 1.29 is 9.59 Å². The van der Waals surface area contributed by atoms with Crippen molar-refractivity contribution in [2.75, 3.05) is 0 Å². The second-order valence-electron chi connectivity index (χ2n) is 1.89. The van der Waals surface area contributed by atoms with Crippen LogP contribution in [0.4, 0.5) is 4.79 Å². The van der Waals surface area contributed by atoms with Gasteiger partial charge in [0.15, 0.2) is 0 Å². The third-order valence-electron chi connectivity index (χ3n) is 0.610. The molecule has 2 N–H and O–H groups in total. The maximum Gasteiger partial charge on any atom is 0.321 e. The lowest BCUT2D eigenvalue weighted by atomic mass is 10.4. The lowest BCUT2D eigenvalue weighted by Gasteiger charge is -2.04. The highest BCUT2D eigenvalue weighted by Crippen LogP contribution is 1.73. The summed E-state index contributed by atoms with van der Waals surface area (Å²) in [5.74, 6) is 0. The molecule has 0 fully saturated rings. The second-order valence-corrected chi connectivity index (χ2v) is 1.89. The molecule has 0 aromatic rings. The van der Waals surface area contributed by atoms with Gasteiger partial charge in [0.25, 0.3) is 0 Å². The number of rotatable bonds is 2. The van der Waals surface area contributed by atoms with Gasteiger partial charge in [0.1, 0.15) is 0 Å². The van der Waals surface area contributed by atoms with Gasteiger partial charge in [-0.1, -0.05) is 0 Å². The molecule has 0 aromatic carbocycles. The van der Waals surface area contributed by atoms with E-state index in [9.17, 15) is 9.59 Å². The number of hydrogen-bond donors (Lipinski definition) is 2. The zero-order valence-corrected chi connectivity index (χ0v) is 5.47. The number of hydrogen-bond acceptors (Lipinski definition) is 2. The van der Waals surface area contributed by atoms with Crippen LogP contribution in [0.5, 0.6) is 0 Å². The molecule has 0 saturated heterocycles. The van der Waals surface area contributed by atoms with E-state index >= 15 is 0 Å². The van der Waals surface area contributed by atoms with Crippen LogP contribution in [0.1, 0.15) is 13.8 Å². The van der Waals surface area contributed by atoms with E-state index in [1.54, 1.807) is 0 Å². The van der Waals surface area contributed by atoms with Crippen LogP contribution in [-0.4, -0.2) is 18.5 Å². The largest absolute Gasteiger partial charge is 0.336 e. The summed E-state index contributed by atoms with van der Waals surface area (Å²) in [6, 6.07) is -0.398. The first-order chi connectivity index (χ1) is 4.16. The third kappa shape index (κ3) is 4.80. The van der Waals surface area contributed by atoms with Crippen molar-refractivity contribution in [2.45, 2.75) is 19.9 Å². The molecule has 0 aliphatic carbocycles. The molecule has 9 heavy (non-hydrogen) atoms. The predicted octanol–water partition coefficient (Wildman–Crippen LogP) is -0.150. The summed E-state index contributed by atoms with van der Waals surface area (Å²) in [5.41, 5.74) is 0. The number of urea groups is 1. The molecule has 0 aliphatic heterocycles. The van der Waals surface area contributed by atoms with Crippen LogP contribution in [0.25, 0.3) is 0 Å². The Morgan fingerprint density at radius 1 is 1.56 bits per heavy atom. The fourth-order valence-electron chi connectivity index (χ4n) is 0.357. The monoisotopic (exact) mass is 130 g/mol. The van der Waals surface area contributed by atoms with Crippen molar-refractivity contribution in [3.8, 4) is 0 Å². The Morgan fingerprint density at radius 3 is 2.44 bits per heavy atom. The maximum atomic E-state index is 10.4. The van der Waals surface area contributed by atoms with Gasteiger partial charge in [0.05, 0.1) is 0 Å². The Kier molecular flexibility index (Phi) is 3.43. The molecule has 4 nitrogen and oxygen atoms in total. The van der Waals surface area contributed by atoms with Crippen LogP contribution in [-0.2, 0) is 4.79 Å². The summed E-state index contributed by atoms with van der Waals surface area (Å²) in [6.45, 7) is 3.62. The molecule has 0 unspecified atom stereocenters. The van der Waals surface area contributed by atoms with E-state index in [0.717, 1.165) is 0 Å². The van der Waals surface area contributed by atoms with Crippen LogP contribution < -0.4 is 10.6 Å². The highest BCUT2D eigenvalue weighted by molar-refractivity contribution is 5.84. The molecule has 0 radical (unpaired) electrons. The molecule has 0 spiro atoms. The van der Waals surface area contributed by atoms with Crippen molar-refractivity contribution in [1.82, 2.24) is 10.6 Å². The highest BCUT2D eigenvalue weighted by Gasteiger charge is 1.97.